The number of anilines is 2. The second-order valence-corrected chi connectivity index (χ2v) is 5.53. The van der Waals surface area contributed by atoms with Gasteiger partial charge in [-0.1, -0.05) is 0 Å². The number of alkyl halides is 2. The van der Waals surface area contributed by atoms with E-state index >= 15 is 0 Å². The Morgan fingerprint density at radius 1 is 1.25 bits per heavy atom. The molecule has 0 spiro atoms. The molecule has 0 radical (unpaired) electrons. The molecule has 0 bridgehead atoms. The zero-order valence-electron chi connectivity index (χ0n) is 14.7. The molecule has 150 valence electrons. The Morgan fingerprint density at radius 3 is 2.64 bits per heavy atom. The van der Waals surface area contributed by atoms with Gasteiger partial charge in [0.05, 0.1) is 12.2 Å². The maximum atomic E-state index is 13.7. The van der Waals surface area contributed by atoms with E-state index in [-0.39, 0.29) is 24.0 Å². The summed E-state index contributed by atoms with van der Waals surface area (Å²) in [6.45, 7) is 0.599. The third kappa shape index (κ3) is 5.63. The first kappa shape index (κ1) is 21.1. The quantitative estimate of drug-likeness (QED) is 0.359. The van der Waals surface area contributed by atoms with Gasteiger partial charge >= 0.3 is 0 Å². The minimum absolute atomic E-state index is 0.0356. The molecule has 0 amide bonds. The lowest BCUT2D eigenvalue weighted by Gasteiger charge is -2.12. The van der Waals surface area contributed by atoms with E-state index in [2.05, 4.69) is 25.6 Å². The molecule has 6 nitrogen and oxygen atoms in total. The minimum Gasteiger partial charge on any atom is -0.403 e. The summed E-state index contributed by atoms with van der Waals surface area (Å²) in [6, 6.07) is 1.52. The molecule has 0 aliphatic rings. The number of aryl methyl sites for hydroxylation is 1. The first-order chi connectivity index (χ1) is 13.3. The Balaban J connectivity index is 2.13. The van der Waals surface area contributed by atoms with Crippen LogP contribution in [0.4, 0.5) is 33.7 Å². The van der Waals surface area contributed by atoms with Crippen molar-refractivity contribution < 1.29 is 22.0 Å². The summed E-state index contributed by atoms with van der Waals surface area (Å²) in [5.74, 6) is -3.10. The Morgan fingerprint density at radius 2 is 1.96 bits per heavy atom. The van der Waals surface area contributed by atoms with Gasteiger partial charge in [0.25, 0.3) is 6.43 Å². The van der Waals surface area contributed by atoms with Gasteiger partial charge in [-0.05, 0) is 19.1 Å². The molecule has 0 aliphatic heterocycles. The predicted octanol–water partition coefficient (Wildman–Crippen LogP) is 3.36. The summed E-state index contributed by atoms with van der Waals surface area (Å²) in [5.41, 5.74) is 5.63. The van der Waals surface area contributed by atoms with Crippen molar-refractivity contribution in [2.24, 2.45) is 10.7 Å². The van der Waals surface area contributed by atoms with E-state index in [0.717, 1.165) is 18.5 Å². The van der Waals surface area contributed by atoms with Gasteiger partial charge in [0, 0.05) is 36.3 Å². The van der Waals surface area contributed by atoms with Crippen LogP contribution >= 0.6 is 0 Å². The average molecular weight is 400 g/mol. The number of allylic oxidation sites excluding steroid dienone is 1. The van der Waals surface area contributed by atoms with Crippen LogP contribution in [0.2, 0.25) is 0 Å². The van der Waals surface area contributed by atoms with Crippen molar-refractivity contribution >= 4 is 18.0 Å². The maximum Gasteiger partial charge on any atom is 0.257 e. The van der Waals surface area contributed by atoms with Crippen molar-refractivity contribution in [1.82, 2.24) is 9.97 Å². The molecule has 28 heavy (non-hydrogen) atoms. The van der Waals surface area contributed by atoms with Crippen LogP contribution in [0, 0.1) is 24.4 Å². The van der Waals surface area contributed by atoms with Crippen molar-refractivity contribution in [3.05, 3.63) is 58.8 Å². The molecule has 0 aliphatic carbocycles. The van der Waals surface area contributed by atoms with Gasteiger partial charge in [-0.25, -0.2) is 26.9 Å². The van der Waals surface area contributed by atoms with Crippen LogP contribution in [0.3, 0.4) is 0 Å². The number of halogens is 5. The fourth-order valence-corrected chi connectivity index (χ4v) is 2.06. The molecule has 1 heterocycles. The summed E-state index contributed by atoms with van der Waals surface area (Å²) in [4.78, 5) is 11.6. The van der Waals surface area contributed by atoms with E-state index in [1.807, 2.05) is 0 Å². The zero-order chi connectivity index (χ0) is 20.7. The number of aromatic nitrogens is 2. The Bertz CT molecular complexity index is 885. The molecule has 0 saturated carbocycles. The summed E-state index contributed by atoms with van der Waals surface area (Å²) in [7, 11) is 0. The van der Waals surface area contributed by atoms with Crippen molar-refractivity contribution in [1.29, 1.82) is 0 Å². The summed E-state index contributed by atoms with van der Waals surface area (Å²) in [5, 5.41) is 5.38. The van der Waals surface area contributed by atoms with Gasteiger partial charge in [0.15, 0.2) is 11.6 Å². The van der Waals surface area contributed by atoms with Crippen LogP contribution in [-0.2, 0) is 6.54 Å². The fraction of sp³-hybridized carbons (Fsp3) is 0.235. The normalized spacial score (nSPS) is 12.0. The van der Waals surface area contributed by atoms with Gasteiger partial charge in [0.2, 0.25) is 5.95 Å². The second-order valence-electron chi connectivity index (χ2n) is 5.53. The highest BCUT2D eigenvalue weighted by Crippen LogP contribution is 2.19. The molecule has 1 aromatic heterocycles. The standard InChI is InChI=1S/C17H17F5N6/c1-9-5-26-17(27-10(4-23)6-24-8-14(20)21)28-16(9)25-7-11-12(18)2-3-13(19)15(11)22/h2-6,14H,7-8,23H2,1H3,(H2,25,26,27,28). The molecular weight excluding hydrogens is 383 g/mol. The number of benzene rings is 1. The number of nitrogens with one attached hydrogen (secondary N) is 2. The van der Waals surface area contributed by atoms with E-state index in [4.69, 9.17) is 5.73 Å². The van der Waals surface area contributed by atoms with Crippen LogP contribution in [-0.4, -0.2) is 29.2 Å². The molecule has 2 aromatic rings. The van der Waals surface area contributed by atoms with Gasteiger partial charge in [-0.15, -0.1) is 0 Å². The average Bonchev–Trinajstić information content (AvgIpc) is 2.66. The van der Waals surface area contributed by atoms with Crippen LogP contribution in [0.1, 0.15) is 11.1 Å². The molecular formula is C17H17F5N6. The molecule has 0 fully saturated rings. The van der Waals surface area contributed by atoms with E-state index in [9.17, 15) is 22.0 Å². The Hall–Kier alpha value is -3.24. The lowest BCUT2D eigenvalue weighted by Crippen LogP contribution is -2.12. The van der Waals surface area contributed by atoms with Crippen molar-refractivity contribution in [2.75, 3.05) is 17.2 Å². The van der Waals surface area contributed by atoms with Crippen LogP contribution in [0.15, 0.2) is 35.2 Å². The Kier molecular flexibility index (Phi) is 7.24. The first-order valence-corrected chi connectivity index (χ1v) is 7.98. The number of nitrogens with zero attached hydrogens (tertiary/aromatic N) is 3. The van der Waals surface area contributed by atoms with Crippen LogP contribution < -0.4 is 16.4 Å². The molecule has 11 heteroatoms. The van der Waals surface area contributed by atoms with Crippen molar-refractivity contribution in [2.45, 2.75) is 19.9 Å². The topological polar surface area (TPSA) is 88.2 Å². The second kappa shape index (κ2) is 9.62. The Labute approximate surface area is 157 Å². The zero-order valence-corrected chi connectivity index (χ0v) is 14.7. The van der Waals surface area contributed by atoms with E-state index in [0.29, 0.717) is 11.6 Å². The van der Waals surface area contributed by atoms with Gasteiger partial charge in [-0.3, -0.25) is 4.99 Å². The summed E-state index contributed by atoms with van der Waals surface area (Å²) in [6.07, 6.45) is 1.01. The summed E-state index contributed by atoms with van der Waals surface area (Å²) < 4.78 is 65.0. The van der Waals surface area contributed by atoms with E-state index < -0.39 is 36.0 Å². The number of rotatable bonds is 8. The minimum atomic E-state index is -2.59. The van der Waals surface area contributed by atoms with E-state index in [1.165, 1.54) is 6.20 Å². The van der Waals surface area contributed by atoms with Gasteiger partial charge in [0.1, 0.15) is 11.6 Å². The lowest BCUT2D eigenvalue weighted by atomic mass is 10.2. The fourth-order valence-electron chi connectivity index (χ4n) is 2.06. The number of hydrogen-bond donors (Lipinski definition) is 3. The monoisotopic (exact) mass is 400 g/mol. The maximum absolute atomic E-state index is 13.7. The predicted molar refractivity (Wildman–Crippen MR) is 95.7 cm³/mol. The molecule has 0 unspecified atom stereocenters. The third-order valence-electron chi connectivity index (χ3n) is 3.45. The smallest absolute Gasteiger partial charge is 0.257 e. The number of hydrogen-bond acceptors (Lipinski definition) is 6. The third-order valence-corrected chi connectivity index (χ3v) is 3.45. The molecule has 2 rings (SSSR count). The van der Waals surface area contributed by atoms with Crippen molar-refractivity contribution in [3.8, 4) is 0 Å². The highest BCUT2D eigenvalue weighted by atomic mass is 19.3. The van der Waals surface area contributed by atoms with Gasteiger partial charge in [-0.2, -0.15) is 4.98 Å². The van der Waals surface area contributed by atoms with E-state index in [1.54, 1.807) is 6.92 Å². The largest absolute Gasteiger partial charge is 0.403 e. The van der Waals surface area contributed by atoms with Gasteiger partial charge < -0.3 is 16.4 Å². The number of aliphatic imine (C=N–C) groups is 1. The SMILES string of the molecule is Cc1cnc(NC(C=NCC(F)F)=CN)nc1NCc1c(F)ccc(F)c1F. The summed E-state index contributed by atoms with van der Waals surface area (Å²) >= 11 is 0. The van der Waals surface area contributed by atoms with Crippen molar-refractivity contribution in [3.63, 3.8) is 0 Å². The molecule has 1 aromatic carbocycles. The number of nitrogens with two attached hydrogens (primary N) is 1. The van der Waals surface area contributed by atoms with Crippen LogP contribution in [0.5, 0.6) is 0 Å². The lowest BCUT2D eigenvalue weighted by molar-refractivity contribution is 0.159. The highest BCUT2D eigenvalue weighted by molar-refractivity contribution is 5.82. The molecule has 0 saturated heterocycles. The highest BCUT2D eigenvalue weighted by Gasteiger charge is 2.14. The van der Waals surface area contributed by atoms with Crippen LogP contribution in [0.25, 0.3) is 0 Å². The molecule has 4 N–H and O–H groups in total. The molecule has 0 atom stereocenters. The first-order valence-electron chi connectivity index (χ1n) is 7.98.